The molecule has 4 rings (SSSR count). The van der Waals surface area contributed by atoms with Crippen molar-refractivity contribution in [3.63, 3.8) is 0 Å². The van der Waals surface area contributed by atoms with Gasteiger partial charge < -0.3 is 19.9 Å². The third-order valence-corrected chi connectivity index (χ3v) is 7.25. The Kier molecular flexibility index (Phi) is 8.66. The predicted octanol–water partition coefficient (Wildman–Crippen LogP) is 0.150. The van der Waals surface area contributed by atoms with Crippen molar-refractivity contribution in [2.24, 2.45) is 0 Å². The summed E-state index contributed by atoms with van der Waals surface area (Å²) in [6.45, 7) is 10.4. The summed E-state index contributed by atoms with van der Waals surface area (Å²) in [4.78, 5) is 44.8. The third-order valence-electron chi connectivity index (χ3n) is 7.25. The second kappa shape index (κ2) is 11.9. The Morgan fingerprint density at radius 2 is 1.83 bits per heavy atom. The quantitative estimate of drug-likeness (QED) is 0.407. The number of likely N-dealkylation sites (tertiary alicyclic amines) is 1. The molecule has 192 valence electrons. The fourth-order valence-electron chi connectivity index (χ4n) is 5.20. The molecule has 2 unspecified atom stereocenters. The van der Waals surface area contributed by atoms with Gasteiger partial charge in [0.15, 0.2) is 0 Å². The van der Waals surface area contributed by atoms with Gasteiger partial charge in [-0.3, -0.25) is 29.5 Å². The van der Waals surface area contributed by atoms with E-state index in [9.17, 15) is 19.7 Å². The van der Waals surface area contributed by atoms with Crippen LogP contribution >= 0.6 is 0 Å². The van der Waals surface area contributed by atoms with Crippen LogP contribution in [0.15, 0.2) is 24.3 Å². The monoisotopic (exact) mass is 488 g/mol. The summed E-state index contributed by atoms with van der Waals surface area (Å²) in [5.74, 6) is -0.0443. The van der Waals surface area contributed by atoms with Gasteiger partial charge in [-0.1, -0.05) is 12.1 Å². The summed E-state index contributed by atoms with van der Waals surface area (Å²) < 4.78 is 5.47. The normalized spacial score (nSPS) is 23.6. The first kappa shape index (κ1) is 25.5. The maximum absolute atomic E-state index is 13.3. The first-order chi connectivity index (χ1) is 16.9. The van der Waals surface area contributed by atoms with E-state index in [1.165, 1.54) is 19.1 Å². The molecule has 0 aliphatic carbocycles. The van der Waals surface area contributed by atoms with Crippen LogP contribution in [-0.2, 0) is 20.9 Å². The van der Waals surface area contributed by atoms with Gasteiger partial charge in [0.1, 0.15) is 6.04 Å². The fraction of sp³-hybridized carbons (Fsp3) is 0.667. The largest absolute Gasteiger partial charge is 0.379 e. The molecule has 0 aromatic heterocycles. The number of non-ortho nitro benzene ring substituents is 1. The molecule has 2 amide bonds. The van der Waals surface area contributed by atoms with Crippen molar-refractivity contribution < 1.29 is 19.2 Å². The highest BCUT2D eigenvalue weighted by atomic mass is 16.6. The summed E-state index contributed by atoms with van der Waals surface area (Å²) >= 11 is 0. The van der Waals surface area contributed by atoms with Crippen molar-refractivity contribution >= 4 is 17.5 Å². The molecule has 0 bridgehead atoms. The molecule has 0 spiro atoms. The van der Waals surface area contributed by atoms with Crippen LogP contribution in [-0.4, -0.2) is 121 Å². The summed E-state index contributed by atoms with van der Waals surface area (Å²) in [6, 6.07) is 6.23. The van der Waals surface area contributed by atoms with Crippen LogP contribution < -0.4 is 5.32 Å². The van der Waals surface area contributed by atoms with E-state index in [1.54, 1.807) is 17.0 Å². The van der Waals surface area contributed by atoms with E-state index in [1.807, 2.05) is 4.90 Å². The number of morpholine rings is 1. The van der Waals surface area contributed by atoms with Crippen LogP contribution in [0.4, 0.5) is 5.69 Å². The lowest BCUT2D eigenvalue weighted by Gasteiger charge is -2.33. The van der Waals surface area contributed by atoms with E-state index in [4.69, 9.17) is 4.74 Å². The van der Waals surface area contributed by atoms with Gasteiger partial charge in [0.25, 0.3) is 5.69 Å². The van der Waals surface area contributed by atoms with E-state index in [0.717, 1.165) is 58.0 Å². The number of nitro benzene ring substituents is 1. The van der Waals surface area contributed by atoms with Gasteiger partial charge in [0.2, 0.25) is 11.8 Å². The number of amides is 2. The lowest BCUT2D eigenvalue weighted by molar-refractivity contribution is -0.384. The number of hydrogen-bond acceptors (Lipinski definition) is 8. The molecule has 11 heteroatoms. The summed E-state index contributed by atoms with van der Waals surface area (Å²) in [6.07, 6.45) is 0.596. The Morgan fingerprint density at radius 1 is 1.14 bits per heavy atom. The minimum atomic E-state index is -0.446. The third kappa shape index (κ3) is 6.54. The number of nitrogens with zero attached hydrogens (tertiary/aromatic N) is 5. The van der Waals surface area contributed by atoms with E-state index in [2.05, 4.69) is 15.1 Å². The second-order valence-corrected chi connectivity index (χ2v) is 9.50. The molecule has 35 heavy (non-hydrogen) atoms. The van der Waals surface area contributed by atoms with Gasteiger partial charge in [0, 0.05) is 90.5 Å². The van der Waals surface area contributed by atoms with Crippen LogP contribution in [0.1, 0.15) is 18.9 Å². The highest BCUT2D eigenvalue weighted by molar-refractivity contribution is 5.87. The predicted molar refractivity (Wildman–Crippen MR) is 130 cm³/mol. The average Bonchev–Trinajstić information content (AvgIpc) is 3.33. The SMILES string of the molecule is CC(=O)N1CC(N(CCN2CCOCC2)Cc2ccc([N+](=O)[O-])cc2)CC1C(=O)N1CCNCC1. The van der Waals surface area contributed by atoms with Gasteiger partial charge in [-0.05, 0) is 12.0 Å². The topological polar surface area (TPSA) is 112 Å². The van der Waals surface area contributed by atoms with E-state index < -0.39 is 11.0 Å². The molecule has 3 heterocycles. The maximum Gasteiger partial charge on any atom is 0.269 e. The Labute approximate surface area is 206 Å². The van der Waals surface area contributed by atoms with Crippen LogP contribution in [0, 0.1) is 10.1 Å². The molecule has 3 aliphatic rings. The molecule has 11 nitrogen and oxygen atoms in total. The van der Waals surface area contributed by atoms with Crippen LogP contribution in [0.3, 0.4) is 0 Å². The highest BCUT2D eigenvalue weighted by Crippen LogP contribution is 2.26. The molecule has 1 aromatic rings. The molecule has 3 aliphatic heterocycles. The fourth-order valence-corrected chi connectivity index (χ4v) is 5.20. The zero-order chi connectivity index (χ0) is 24.8. The summed E-state index contributed by atoms with van der Waals surface area (Å²) in [5, 5.41) is 14.3. The summed E-state index contributed by atoms with van der Waals surface area (Å²) in [5.41, 5.74) is 1.04. The van der Waals surface area contributed by atoms with Gasteiger partial charge >= 0.3 is 0 Å². The molecule has 1 aromatic carbocycles. The number of benzene rings is 1. The number of rotatable bonds is 8. The molecule has 1 N–H and O–H groups in total. The lowest BCUT2D eigenvalue weighted by atomic mass is 10.1. The van der Waals surface area contributed by atoms with Crippen LogP contribution in [0.25, 0.3) is 0 Å². The number of nitrogens with one attached hydrogen (secondary N) is 1. The van der Waals surface area contributed by atoms with Gasteiger partial charge in [0.05, 0.1) is 18.1 Å². The van der Waals surface area contributed by atoms with Crippen molar-refractivity contribution in [3.05, 3.63) is 39.9 Å². The first-order valence-corrected chi connectivity index (χ1v) is 12.5. The van der Waals surface area contributed by atoms with E-state index >= 15 is 0 Å². The van der Waals surface area contributed by atoms with Gasteiger partial charge in [-0.15, -0.1) is 0 Å². The van der Waals surface area contributed by atoms with Crippen molar-refractivity contribution in [2.45, 2.75) is 32.0 Å². The lowest BCUT2D eigenvalue weighted by Crippen LogP contribution is -2.53. The number of hydrogen-bond donors (Lipinski definition) is 1. The second-order valence-electron chi connectivity index (χ2n) is 9.50. The zero-order valence-corrected chi connectivity index (χ0v) is 20.4. The molecule has 0 saturated carbocycles. The standard InChI is InChI=1S/C24H36N6O5/c1-19(31)29-18-22(16-23(29)24(32)27-8-6-25-7-9-27)28(11-10-26-12-14-35-15-13-26)17-20-2-4-21(5-3-20)30(33)34/h2-5,22-23,25H,6-18H2,1H3. The molecule has 0 radical (unpaired) electrons. The summed E-state index contributed by atoms with van der Waals surface area (Å²) in [7, 11) is 0. The zero-order valence-electron chi connectivity index (χ0n) is 20.4. The smallest absolute Gasteiger partial charge is 0.269 e. The number of carbonyl (C=O) groups excluding carboxylic acids is 2. The van der Waals surface area contributed by atoms with Crippen LogP contribution in [0.5, 0.6) is 0 Å². The van der Waals surface area contributed by atoms with E-state index in [0.29, 0.717) is 32.6 Å². The number of piperazine rings is 1. The number of carbonyl (C=O) groups is 2. The average molecular weight is 489 g/mol. The van der Waals surface area contributed by atoms with Crippen LogP contribution in [0.2, 0.25) is 0 Å². The molecular formula is C24H36N6O5. The Morgan fingerprint density at radius 3 is 2.46 bits per heavy atom. The Hall–Kier alpha value is -2.60. The van der Waals surface area contributed by atoms with Crippen molar-refractivity contribution in [2.75, 3.05) is 72.1 Å². The minimum absolute atomic E-state index is 0.0343. The molecule has 3 saturated heterocycles. The van der Waals surface area contributed by atoms with Crippen molar-refractivity contribution in [3.8, 4) is 0 Å². The Balaban J connectivity index is 1.49. The van der Waals surface area contributed by atoms with Gasteiger partial charge in [-0.25, -0.2) is 0 Å². The molecule has 3 fully saturated rings. The van der Waals surface area contributed by atoms with E-state index in [-0.39, 0.29) is 23.5 Å². The number of nitro groups is 1. The minimum Gasteiger partial charge on any atom is -0.379 e. The highest BCUT2D eigenvalue weighted by Gasteiger charge is 2.42. The number of ether oxygens (including phenoxy) is 1. The van der Waals surface area contributed by atoms with Gasteiger partial charge in [-0.2, -0.15) is 0 Å². The van der Waals surface area contributed by atoms with Crippen molar-refractivity contribution in [1.29, 1.82) is 0 Å². The van der Waals surface area contributed by atoms with Crippen molar-refractivity contribution in [1.82, 2.24) is 24.9 Å². The molecule has 2 atom stereocenters. The first-order valence-electron chi connectivity index (χ1n) is 12.5. The Bertz CT molecular complexity index is 885. The maximum atomic E-state index is 13.3. The molecular weight excluding hydrogens is 452 g/mol.